The molecule has 20 heavy (non-hydrogen) atoms. The fourth-order valence-electron chi connectivity index (χ4n) is 2.17. The van der Waals surface area contributed by atoms with E-state index in [-0.39, 0.29) is 5.69 Å². The van der Waals surface area contributed by atoms with E-state index in [0.29, 0.717) is 11.3 Å². The number of anilines is 1. The van der Waals surface area contributed by atoms with Crippen LogP contribution in [0.1, 0.15) is 19.4 Å². The lowest BCUT2D eigenvalue weighted by atomic mass is 9.93. The number of carbonyl (C=O) groups is 1. The van der Waals surface area contributed by atoms with Crippen molar-refractivity contribution in [3.05, 3.63) is 29.8 Å². The zero-order valence-corrected chi connectivity index (χ0v) is 11.3. The predicted octanol–water partition coefficient (Wildman–Crippen LogP) is 3.40. The zero-order valence-electron chi connectivity index (χ0n) is 11.3. The van der Waals surface area contributed by atoms with Crippen molar-refractivity contribution in [3.8, 4) is 5.75 Å². The van der Waals surface area contributed by atoms with Crippen LogP contribution in [0.25, 0.3) is 6.08 Å². The molecule has 0 unspecified atom stereocenters. The highest BCUT2D eigenvalue weighted by molar-refractivity contribution is 6.02. The first-order valence-corrected chi connectivity index (χ1v) is 5.95. The molecule has 0 aromatic heterocycles. The van der Waals surface area contributed by atoms with E-state index in [4.69, 9.17) is 4.74 Å². The molecule has 1 amide bonds. The van der Waals surface area contributed by atoms with Gasteiger partial charge in [-0.15, -0.1) is 0 Å². The maximum Gasteiger partial charge on any atom is 0.471 e. The van der Waals surface area contributed by atoms with E-state index in [1.54, 1.807) is 32.1 Å². The molecule has 1 aliphatic heterocycles. The lowest BCUT2D eigenvalue weighted by Gasteiger charge is -2.40. The molecule has 3 nitrogen and oxygen atoms in total. The molecule has 0 saturated heterocycles. The van der Waals surface area contributed by atoms with Crippen LogP contribution >= 0.6 is 0 Å². The average molecular weight is 285 g/mol. The summed E-state index contributed by atoms with van der Waals surface area (Å²) in [4.78, 5) is 12.5. The Bertz CT molecular complexity index is 576. The van der Waals surface area contributed by atoms with E-state index < -0.39 is 17.6 Å². The van der Waals surface area contributed by atoms with Gasteiger partial charge in [0.15, 0.2) is 0 Å². The van der Waals surface area contributed by atoms with E-state index in [1.165, 1.54) is 19.2 Å². The average Bonchev–Trinajstić information content (AvgIpc) is 2.35. The van der Waals surface area contributed by atoms with Crippen molar-refractivity contribution < 1.29 is 22.7 Å². The summed E-state index contributed by atoms with van der Waals surface area (Å²) < 4.78 is 43.4. The van der Waals surface area contributed by atoms with Crippen molar-refractivity contribution >= 4 is 17.7 Å². The van der Waals surface area contributed by atoms with Crippen LogP contribution in [-0.4, -0.2) is 24.7 Å². The first-order valence-electron chi connectivity index (χ1n) is 5.95. The molecule has 1 aromatic carbocycles. The summed E-state index contributed by atoms with van der Waals surface area (Å²) >= 11 is 0. The van der Waals surface area contributed by atoms with E-state index in [9.17, 15) is 18.0 Å². The van der Waals surface area contributed by atoms with Crippen molar-refractivity contribution in [3.63, 3.8) is 0 Å². The Hall–Kier alpha value is -1.98. The van der Waals surface area contributed by atoms with Crippen molar-refractivity contribution in [1.82, 2.24) is 0 Å². The molecular weight excluding hydrogens is 271 g/mol. The molecule has 0 spiro atoms. The lowest BCUT2D eigenvalue weighted by Crippen LogP contribution is -2.53. The third-order valence-electron chi connectivity index (χ3n) is 3.17. The summed E-state index contributed by atoms with van der Waals surface area (Å²) in [5.41, 5.74) is -0.310. The van der Waals surface area contributed by atoms with Gasteiger partial charge < -0.3 is 4.74 Å². The smallest absolute Gasteiger partial charge is 0.471 e. The highest BCUT2D eigenvalue weighted by Crippen LogP contribution is 2.38. The molecule has 0 bridgehead atoms. The van der Waals surface area contributed by atoms with Gasteiger partial charge in [0, 0.05) is 5.56 Å². The second kappa shape index (κ2) is 4.54. The molecule has 6 heteroatoms. The van der Waals surface area contributed by atoms with Gasteiger partial charge >= 0.3 is 12.1 Å². The van der Waals surface area contributed by atoms with E-state index in [2.05, 4.69) is 0 Å². The topological polar surface area (TPSA) is 29.5 Å². The van der Waals surface area contributed by atoms with Gasteiger partial charge in [-0.05, 0) is 32.0 Å². The molecule has 0 fully saturated rings. The Morgan fingerprint density at radius 3 is 2.50 bits per heavy atom. The van der Waals surface area contributed by atoms with Gasteiger partial charge in [0.1, 0.15) is 5.75 Å². The molecule has 108 valence electrons. The molecule has 1 heterocycles. The Morgan fingerprint density at radius 2 is 1.95 bits per heavy atom. The summed E-state index contributed by atoms with van der Waals surface area (Å²) in [7, 11) is 1.47. The number of alkyl halides is 3. The van der Waals surface area contributed by atoms with Crippen molar-refractivity contribution in [2.45, 2.75) is 25.6 Å². The lowest BCUT2D eigenvalue weighted by molar-refractivity contribution is -0.171. The molecular formula is C14H14F3NO2. The van der Waals surface area contributed by atoms with Crippen LogP contribution in [-0.2, 0) is 4.79 Å². The SMILES string of the molecule is COc1ccc2c(c1)C=CC(C)(C)N2C(=O)C(F)(F)F. The fourth-order valence-corrected chi connectivity index (χ4v) is 2.17. The number of amides is 1. The van der Waals surface area contributed by atoms with Gasteiger partial charge in [-0.3, -0.25) is 9.69 Å². The van der Waals surface area contributed by atoms with Crippen LogP contribution < -0.4 is 9.64 Å². The maximum atomic E-state index is 12.8. The number of fused-ring (bicyclic) bond motifs is 1. The third kappa shape index (κ3) is 2.37. The number of hydrogen-bond acceptors (Lipinski definition) is 2. The van der Waals surface area contributed by atoms with Crippen molar-refractivity contribution in [2.24, 2.45) is 0 Å². The molecule has 0 radical (unpaired) electrons. The summed E-state index contributed by atoms with van der Waals surface area (Å²) in [6.45, 7) is 3.11. The summed E-state index contributed by atoms with van der Waals surface area (Å²) in [5, 5.41) is 0. The fraction of sp³-hybridized carbons (Fsp3) is 0.357. The molecule has 0 aliphatic carbocycles. The first-order chi connectivity index (χ1) is 9.16. The number of nitrogens with zero attached hydrogens (tertiary/aromatic N) is 1. The molecule has 0 saturated carbocycles. The Kier molecular flexibility index (Phi) is 3.28. The Morgan fingerprint density at radius 1 is 1.30 bits per heavy atom. The number of benzene rings is 1. The normalized spacial score (nSPS) is 16.8. The Balaban J connectivity index is 2.56. The first kappa shape index (κ1) is 14.4. The standard InChI is InChI=1S/C14H14F3NO2/c1-13(2)7-6-9-8-10(20-3)4-5-11(9)18(13)12(19)14(15,16)17/h4-8H,1-3H3. The number of halogens is 3. The zero-order chi connectivity index (χ0) is 15.1. The van der Waals surface area contributed by atoms with Crippen LogP contribution in [0.4, 0.5) is 18.9 Å². The van der Waals surface area contributed by atoms with Gasteiger partial charge in [0.2, 0.25) is 0 Å². The summed E-state index contributed by atoms with van der Waals surface area (Å²) in [6.07, 6.45) is -1.66. The number of rotatable bonds is 1. The number of hydrogen-bond donors (Lipinski definition) is 0. The van der Waals surface area contributed by atoms with Crippen LogP contribution in [0.15, 0.2) is 24.3 Å². The summed E-state index contributed by atoms with van der Waals surface area (Å²) in [6, 6.07) is 4.59. The third-order valence-corrected chi connectivity index (χ3v) is 3.17. The largest absolute Gasteiger partial charge is 0.497 e. The predicted molar refractivity (Wildman–Crippen MR) is 69.6 cm³/mol. The number of methoxy groups -OCH3 is 1. The highest BCUT2D eigenvalue weighted by atomic mass is 19.4. The summed E-state index contributed by atoms with van der Waals surface area (Å²) in [5.74, 6) is -1.36. The van der Waals surface area contributed by atoms with Gasteiger partial charge in [-0.2, -0.15) is 13.2 Å². The molecule has 2 rings (SSSR count). The molecule has 0 atom stereocenters. The Labute approximate surface area is 114 Å². The van der Waals surface area contributed by atoms with Crippen molar-refractivity contribution in [2.75, 3.05) is 12.0 Å². The van der Waals surface area contributed by atoms with Crippen LogP contribution in [0.5, 0.6) is 5.75 Å². The molecule has 1 aliphatic rings. The monoisotopic (exact) mass is 285 g/mol. The maximum absolute atomic E-state index is 12.8. The van der Waals surface area contributed by atoms with Gasteiger partial charge in [0.25, 0.3) is 0 Å². The van der Waals surface area contributed by atoms with E-state index >= 15 is 0 Å². The molecule has 0 N–H and O–H groups in total. The van der Waals surface area contributed by atoms with Crippen LogP contribution in [0.2, 0.25) is 0 Å². The highest BCUT2D eigenvalue weighted by Gasteiger charge is 2.48. The second-order valence-electron chi connectivity index (χ2n) is 5.05. The minimum atomic E-state index is -4.92. The van der Waals surface area contributed by atoms with Crippen LogP contribution in [0.3, 0.4) is 0 Å². The van der Waals surface area contributed by atoms with Gasteiger partial charge in [0.05, 0.1) is 18.3 Å². The van der Waals surface area contributed by atoms with E-state index in [1.807, 2.05) is 0 Å². The number of ether oxygens (including phenoxy) is 1. The second-order valence-corrected chi connectivity index (χ2v) is 5.05. The van der Waals surface area contributed by atoms with E-state index in [0.717, 1.165) is 4.90 Å². The van der Waals surface area contributed by atoms with Gasteiger partial charge in [-0.1, -0.05) is 12.2 Å². The number of carbonyl (C=O) groups excluding carboxylic acids is 1. The molecule has 1 aromatic rings. The minimum Gasteiger partial charge on any atom is -0.497 e. The van der Waals surface area contributed by atoms with Crippen molar-refractivity contribution in [1.29, 1.82) is 0 Å². The van der Waals surface area contributed by atoms with Gasteiger partial charge in [-0.25, -0.2) is 0 Å². The quantitative estimate of drug-likeness (QED) is 0.791. The van der Waals surface area contributed by atoms with Crippen LogP contribution in [0, 0.1) is 0 Å². The minimum absolute atomic E-state index is 0.223.